The maximum atomic E-state index is 14.0. The van der Waals surface area contributed by atoms with Gasteiger partial charge in [-0.25, -0.2) is 22.8 Å². The Morgan fingerprint density at radius 3 is 2.13 bits per heavy atom. The van der Waals surface area contributed by atoms with E-state index in [1.807, 2.05) is 0 Å². The van der Waals surface area contributed by atoms with Crippen LogP contribution in [-0.2, 0) is 20.9 Å². The third kappa shape index (κ3) is 7.34. The second kappa shape index (κ2) is 11.1. The lowest BCUT2D eigenvalue weighted by Gasteiger charge is -2.14. The van der Waals surface area contributed by atoms with Crippen molar-refractivity contribution in [3.8, 4) is 11.1 Å². The first-order valence-corrected chi connectivity index (χ1v) is 8.96. The maximum absolute atomic E-state index is 14.0. The van der Waals surface area contributed by atoms with Crippen molar-refractivity contribution < 1.29 is 37.7 Å². The Hall–Kier alpha value is -3.17. The van der Waals surface area contributed by atoms with Crippen molar-refractivity contribution in [2.75, 3.05) is 13.1 Å². The molecule has 160 valence electrons. The van der Waals surface area contributed by atoms with E-state index in [0.717, 1.165) is 25.6 Å². The maximum Gasteiger partial charge on any atom is 0.328 e. The highest BCUT2D eigenvalue weighted by molar-refractivity contribution is 5.89. The number of aliphatic carboxylic acids is 2. The van der Waals surface area contributed by atoms with E-state index >= 15 is 0 Å². The van der Waals surface area contributed by atoms with Crippen LogP contribution in [0, 0.1) is 17.5 Å². The van der Waals surface area contributed by atoms with Gasteiger partial charge in [-0.05, 0) is 48.4 Å². The lowest BCUT2D eigenvalue weighted by Crippen LogP contribution is -2.16. The van der Waals surface area contributed by atoms with Crippen LogP contribution in [0.5, 0.6) is 0 Å². The van der Waals surface area contributed by atoms with Gasteiger partial charge in [-0.2, -0.15) is 0 Å². The molecule has 6 nitrogen and oxygen atoms in total. The monoisotopic (exact) mass is 423 g/mol. The zero-order valence-electron chi connectivity index (χ0n) is 15.8. The summed E-state index contributed by atoms with van der Waals surface area (Å²) >= 11 is 0. The fourth-order valence-corrected chi connectivity index (χ4v) is 2.77. The molecule has 1 aliphatic heterocycles. The van der Waals surface area contributed by atoms with Crippen LogP contribution in [0.15, 0.2) is 48.6 Å². The van der Waals surface area contributed by atoms with Crippen molar-refractivity contribution in [3.63, 3.8) is 0 Å². The van der Waals surface area contributed by atoms with Gasteiger partial charge in [-0.3, -0.25) is 0 Å². The number of hydrogen-bond donors (Lipinski definition) is 3. The van der Waals surface area contributed by atoms with Gasteiger partial charge >= 0.3 is 11.9 Å². The highest BCUT2D eigenvalue weighted by Gasteiger charge is 2.17. The number of hydrogen-bond acceptors (Lipinski definition) is 4. The second-order valence-electron chi connectivity index (χ2n) is 6.36. The lowest BCUT2D eigenvalue weighted by atomic mass is 9.99. The van der Waals surface area contributed by atoms with Gasteiger partial charge in [0.15, 0.2) is 0 Å². The van der Waals surface area contributed by atoms with Gasteiger partial charge < -0.3 is 20.3 Å². The van der Waals surface area contributed by atoms with Crippen LogP contribution in [0.1, 0.15) is 12.0 Å². The summed E-state index contributed by atoms with van der Waals surface area (Å²) in [6.45, 7) is 1.85. The van der Waals surface area contributed by atoms with Gasteiger partial charge in [0.25, 0.3) is 0 Å². The summed E-state index contributed by atoms with van der Waals surface area (Å²) in [5.41, 5.74) is 1.31. The van der Waals surface area contributed by atoms with Crippen LogP contribution >= 0.6 is 0 Å². The van der Waals surface area contributed by atoms with Crippen LogP contribution in [0.3, 0.4) is 0 Å². The van der Waals surface area contributed by atoms with Gasteiger partial charge in [0.05, 0.1) is 12.7 Å². The molecule has 1 atom stereocenters. The molecular formula is C21H20F3NO5. The van der Waals surface area contributed by atoms with Crippen molar-refractivity contribution in [1.82, 2.24) is 5.32 Å². The average molecular weight is 423 g/mol. The minimum Gasteiger partial charge on any atom is -0.478 e. The predicted octanol–water partition coefficient (Wildman–Crippen LogP) is 3.36. The van der Waals surface area contributed by atoms with E-state index in [-0.39, 0.29) is 18.3 Å². The predicted molar refractivity (Wildman–Crippen MR) is 102 cm³/mol. The molecule has 2 aromatic rings. The van der Waals surface area contributed by atoms with E-state index < -0.39 is 29.4 Å². The molecule has 0 aliphatic carbocycles. The molecule has 1 aliphatic rings. The molecule has 30 heavy (non-hydrogen) atoms. The van der Waals surface area contributed by atoms with E-state index in [9.17, 15) is 22.8 Å². The molecule has 0 amide bonds. The molecule has 0 aromatic heterocycles. The first kappa shape index (κ1) is 23.1. The summed E-state index contributed by atoms with van der Waals surface area (Å²) < 4.78 is 46.3. The molecule has 2 aromatic carbocycles. The molecule has 1 heterocycles. The Morgan fingerprint density at radius 2 is 1.60 bits per heavy atom. The van der Waals surface area contributed by atoms with Crippen molar-refractivity contribution in [2.45, 2.75) is 19.1 Å². The molecular weight excluding hydrogens is 403 g/mol. The van der Waals surface area contributed by atoms with Gasteiger partial charge in [-0.1, -0.05) is 6.07 Å². The average Bonchev–Trinajstić information content (AvgIpc) is 3.20. The Bertz CT molecular complexity index is 911. The number of halogens is 3. The topological polar surface area (TPSA) is 95.9 Å². The van der Waals surface area contributed by atoms with Gasteiger partial charge in [0.2, 0.25) is 0 Å². The fraction of sp³-hybridized carbons (Fsp3) is 0.238. The Morgan fingerprint density at radius 1 is 1.00 bits per heavy atom. The summed E-state index contributed by atoms with van der Waals surface area (Å²) in [7, 11) is 0. The highest BCUT2D eigenvalue weighted by Crippen LogP contribution is 2.28. The van der Waals surface area contributed by atoms with Crippen LogP contribution in [-0.4, -0.2) is 41.3 Å². The van der Waals surface area contributed by atoms with Gasteiger partial charge in [-0.15, -0.1) is 0 Å². The van der Waals surface area contributed by atoms with Crippen LogP contribution in [0.2, 0.25) is 0 Å². The Balaban J connectivity index is 0.000000343. The van der Waals surface area contributed by atoms with Crippen molar-refractivity contribution in [2.24, 2.45) is 0 Å². The Labute approximate surface area is 170 Å². The fourth-order valence-electron chi connectivity index (χ4n) is 2.77. The molecule has 1 fully saturated rings. The van der Waals surface area contributed by atoms with Crippen molar-refractivity contribution in [1.29, 1.82) is 0 Å². The highest BCUT2D eigenvalue weighted by atomic mass is 19.1. The number of rotatable bonds is 6. The molecule has 0 spiro atoms. The summed E-state index contributed by atoms with van der Waals surface area (Å²) in [6.07, 6.45) is 2.09. The number of benzene rings is 2. The Kier molecular flexibility index (Phi) is 8.57. The number of carbonyl (C=O) groups is 2. The minimum atomic E-state index is -1.26. The van der Waals surface area contributed by atoms with Gasteiger partial charge in [0, 0.05) is 30.3 Å². The molecule has 3 rings (SSSR count). The van der Waals surface area contributed by atoms with Crippen LogP contribution in [0.4, 0.5) is 13.2 Å². The lowest BCUT2D eigenvalue weighted by molar-refractivity contribution is -0.134. The van der Waals surface area contributed by atoms with E-state index in [1.165, 1.54) is 30.3 Å². The number of nitrogens with one attached hydrogen (secondary N) is 1. The van der Waals surface area contributed by atoms with Crippen LogP contribution < -0.4 is 5.32 Å². The normalized spacial score (nSPS) is 15.6. The first-order valence-electron chi connectivity index (χ1n) is 8.96. The largest absolute Gasteiger partial charge is 0.478 e. The van der Waals surface area contributed by atoms with Crippen LogP contribution in [0.25, 0.3) is 11.1 Å². The third-order valence-electron chi connectivity index (χ3n) is 4.15. The van der Waals surface area contributed by atoms with E-state index in [0.29, 0.717) is 23.3 Å². The summed E-state index contributed by atoms with van der Waals surface area (Å²) in [4.78, 5) is 19.1. The summed E-state index contributed by atoms with van der Waals surface area (Å²) in [5, 5.41) is 18.8. The van der Waals surface area contributed by atoms with E-state index in [4.69, 9.17) is 14.9 Å². The summed E-state index contributed by atoms with van der Waals surface area (Å²) in [6, 6.07) is 7.46. The van der Waals surface area contributed by atoms with Gasteiger partial charge in [0.1, 0.15) is 17.5 Å². The quantitative estimate of drug-likeness (QED) is 0.617. The minimum absolute atomic E-state index is 0.0779. The van der Waals surface area contributed by atoms with Crippen molar-refractivity contribution >= 4 is 11.9 Å². The molecule has 0 bridgehead atoms. The molecule has 3 N–H and O–H groups in total. The molecule has 0 radical (unpaired) electrons. The molecule has 1 saturated heterocycles. The van der Waals surface area contributed by atoms with E-state index in [1.54, 1.807) is 0 Å². The SMILES string of the molecule is Fc1ccc(-c2ccc(F)cc2CO[C@H]2CCNC2)c(F)c1.O=C(O)/C=C/C(=O)O. The van der Waals surface area contributed by atoms with Crippen molar-refractivity contribution in [3.05, 3.63) is 71.6 Å². The zero-order chi connectivity index (χ0) is 22.1. The smallest absolute Gasteiger partial charge is 0.328 e. The summed E-state index contributed by atoms with van der Waals surface area (Å²) in [5.74, 6) is -4.23. The zero-order valence-corrected chi connectivity index (χ0v) is 15.8. The molecule has 9 heteroatoms. The standard InChI is InChI=1S/C17H16F3NO.C4H4O4/c18-12-1-3-15(16-4-2-13(19)8-17(16)20)11(7-12)10-22-14-5-6-21-9-14;5-3(6)1-2-4(7)8/h1-4,7-8,14,21H,5-6,9-10H2;1-2H,(H,5,6)(H,7,8)/b;2-1+/t14-;/m0./s1. The first-order chi connectivity index (χ1) is 14.3. The number of ether oxygens (including phenoxy) is 1. The second-order valence-corrected chi connectivity index (χ2v) is 6.36. The third-order valence-corrected chi connectivity index (χ3v) is 4.15. The number of carboxylic acid groups (broad SMARTS) is 2. The molecule has 0 unspecified atom stereocenters. The molecule has 0 saturated carbocycles. The number of carboxylic acids is 2. The van der Waals surface area contributed by atoms with E-state index in [2.05, 4.69) is 5.32 Å².